The van der Waals surface area contributed by atoms with Crippen LogP contribution in [0.5, 0.6) is 0 Å². The topological polar surface area (TPSA) is 46.3 Å². The van der Waals surface area contributed by atoms with Crippen molar-refractivity contribution >= 4 is 29.1 Å². The van der Waals surface area contributed by atoms with E-state index < -0.39 is 0 Å². The molecule has 0 bridgehead atoms. The summed E-state index contributed by atoms with van der Waals surface area (Å²) in [5, 5.41) is 0.954. The van der Waals surface area contributed by atoms with Gasteiger partial charge < -0.3 is 10.6 Å². The van der Waals surface area contributed by atoms with Crippen LogP contribution in [0, 0.1) is 0 Å². The van der Waals surface area contributed by atoms with Crippen LogP contribution in [0.2, 0.25) is 10.0 Å². The van der Waals surface area contributed by atoms with Crippen LogP contribution in [0.15, 0.2) is 18.2 Å². The third-order valence-corrected chi connectivity index (χ3v) is 3.88. The van der Waals surface area contributed by atoms with Crippen molar-refractivity contribution in [2.75, 3.05) is 13.1 Å². The molecule has 1 amide bonds. The zero-order valence-electron chi connectivity index (χ0n) is 10.0. The Bertz CT molecular complexity index is 451. The van der Waals surface area contributed by atoms with Crippen molar-refractivity contribution < 1.29 is 4.79 Å². The number of carbonyl (C=O) groups is 1. The van der Waals surface area contributed by atoms with Crippen LogP contribution in [-0.4, -0.2) is 29.9 Å². The third-order valence-electron chi connectivity index (χ3n) is 3.32. The van der Waals surface area contributed by atoms with E-state index in [9.17, 15) is 4.79 Å². The first-order chi connectivity index (χ1) is 8.63. The lowest BCUT2D eigenvalue weighted by Gasteiger charge is -2.35. The fourth-order valence-corrected chi connectivity index (χ4v) is 2.70. The molecule has 1 aromatic rings. The molecule has 1 saturated heterocycles. The molecule has 1 fully saturated rings. The first-order valence-electron chi connectivity index (χ1n) is 6.09. The van der Waals surface area contributed by atoms with Crippen molar-refractivity contribution in [2.24, 2.45) is 5.73 Å². The summed E-state index contributed by atoms with van der Waals surface area (Å²) in [5.41, 5.74) is 6.19. The standard InChI is InChI=1S/C13H16Cl2N2O/c14-9-4-5-12(15)11(7-9)13(18)17-6-2-1-3-10(17)8-16/h4-5,7,10H,1-3,6,8,16H2/t10-/m1/s1. The smallest absolute Gasteiger partial charge is 0.255 e. The molecule has 0 aliphatic carbocycles. The number of nitrogens with zero attached hydrogens (tertiary/aromatic N) is 1. The third kappa shape index (κ3) is 2.79. The van der Waals surface area contributed by atoms with Gasteiger partial charge in [0.05, 0.1) is 10.6 Å². The van der Waals surface area contributed by atoms with Crippen molar-refractivity contribution in [1.82, 2.24) is 4.90 Å². The van der Waals surface area contributed by atoms with Gasteiger partial charge in [-0.05, 0) is 37.5 Å². The molecule has 5 heteroatoms. The van der Waals surface area contributed by atoms with Crippen LogP contribution in [-0.2, 0) is 0 Å². The number of carbonyl (C=O) groups excluding carboxylic acids is 1. The zero-order chi connectivity index (χ0) is 13.1. The summed E-state index contributed by atoms with van der Waals surface area (Å²) >= 11 is 12.0. The molecule has 0 spiro atoms. The number of benzene rings is 1. The molecule has 0 saturated carbocycles. The Morgan fingerprint density at radius 1 is 1.39 bits per heavy atom. The van der Waals surface area contributed by atoms with Gasteiger partial charge >= 0.3 is 0 Å². The highest BCUT2D eigenvalue weighted by molar-refractivity contribution is 6.35. The van der Waals surface area contributed by atoms with E-state index in [2.05, 4.69) is 0 Å². The average molecular weight is 287 g/mol. The van der Waals surface area contributed by atoms with Crippen molar-refractivity contribution in [2.45, 2.75) is 25.3 Å². The Morgan fingerprint density at radius 2 is 2.17 bits per heavy atom. The van der Waals surface area contributed by atoms with Gasteiger partial charge in [-0.15, -0.1) is 0 Å². The molecule has 2 rings (SSSR count). The maximum Gasteiger partial charge on any atom is 0.255 e. The maximum atomic E-state index is 12.5. The molecular weight excluding hydrogens is 271 g/mol. The minimum Gasteiger partial charge on any atom is -0.334 e. The summed E-state index contributed by atoms with van der Waals surface area (Å²) in [6.45, 7) is 1.23. The molecule has 0 radical (unpaired) electrons. The summed E-state index contributed by atoms with van der Waals surface area (Å²) in [7, 11) is 0. The molecular formula is C13H16Cl2N2O. The van der Waals surface area contributed by atoms with Crippen LogP contribution >= 0.6 is 23.2 Å². The number of halogens is 2. The van der Waals surface area contributed by atoms with Gasteiger partial charge in [-0.1, -0.05) is 23.2 Å². The largest absolute Gasteiger partial charge is 0.334 e. The van der Waals surface area contributed by atoms with Gasteiger partial charge in [-0.3, -0.25) is 4.79 Å². The van der Waals surface area contributed by atoms with Crippen LogP contribution in [0.3, 0.4) is 0 Å². The number of hydrogen-bond acceptors (Lipinski definition) is 2. The molecule has 3 nitrogen and oxygen atoms in total. The first kappa shape index (κ1) is 13.7. The monoisotopic (exact) mass is 286 g/mol. The van der Waals surface area contributed by atoms with Gasteiger partial charge in [0, 0.05) is 24.2 Å². The second kappa shape index (κ2) is 5.91. The quantitative estimate of drug-likeness (QED) is 0.909. The molecule has 98 valence electrons. The SMILES string of the molecule is NC[C@H]1CCCCN1C(=O)c1cc(Cl)ccc1Cl. The lowest BCUT2D eigenvalue weighted by molar-refractivity contribution is 0.0623. The highest BCUT2D eigenvalue weighted by atomic mass is 35.5. The molecule has 1 heterocycles. The van der Waals surface area contributed by atoms with E-state index in [1.54, 1.807) is 18.2 Å². The predicted octanol–water partition coefficient (Wildman–Crippen LogP) is 2.95. The normalized spacial score (nSPS) is 19.9. The summed E-state index contributed by atoms with van der Waals surface area (Å²) in [6, 6.07) is 5.06. The van der Waals surface area contributed by atoms with Crippen molar-refractivity contribution in [3.8, 4) is 0 Å². The zero-order valence-corrected chi connectivity index (χ0v) is 11.5. The Morgan fingerprint density at radius 3 is 2.89 bits per heavy atom. The number of amides is 1. The van der Waals surface area contributed by atoms with Crippen LogP contribution in [0.1, 0.15) is 29.6 Å². The van der Waals surface area contributed by atoms with Crippen LogP contribution in [0.25, 0.3) is 0 Å². The van der Waals surface area contributed by atoms with Gasteiger partial charge in [0.15, 0.2) is 0 Å². The number of hydrogen-bond donors (Lipinski definition) is 1. The van der Waals surface area contributed by atoms with Crippen molar-refractivity contribution in [3.05, 3.63) is 33.8 Å². The molecule has 2 N–H and O–H groups in total. The highest BCUT2D eigenvalue weighted by Gasteiger charge is 2.27. The molecule has 0 aromatic heterocycles. The Balaban J connectivity index is 2.26. The van der Waals surface area contributed by atoms with Gasteiger partial charge in [0.2, 0.25) is 0 Å². The highest BCUT2D eigenvalue weighted by Crippen LogP contribution is 2.25. The van der Waals surface area contributed by atoms with Crippen LogP contribution < -0.4 is 5.73 Å². The first-order valence-corrected chi connectivity index (χ1v) is 6.85. The minimum absolute atomic E-state index is 0.0716. The maximum absolute atomic E-state index is 12.5. The molecule has 1 aliphatic rings. The summed E-state index contributed by atoms with van der Waals surface area (Å²) < 4.78 is 0. The lowest BCUT2D eigenvalue weighted by Crippen LogP contribution is -2.47. The molecule has 0 unspecified atom stereocenters. The predicted molar refractivity (Wildman–Crippen MR) is 74.2 cm³/mol. The van der Waals surface area contributed by atoms with E-state index in [4.69, 9.17) is 28.9 Å². The second-order valence-electron chi connectivity index (χ2n) is 4.51. The fourth-order valence-electron chi connectivity index (χ4n) is 2.33. The summed E-state index contributed by atoms with van der Waals surface area (Å²) in [5.74, 6) is -0.0716. The average Bonchev–Trinajstić information content (AvgIpc) is 2.40. The van der Waals surface area contributed by atoms with Crippen LogP contribution in [0.4, 0.5) is 0 Å². The van der Waals surface area contributed by atoms with E-state index in [-0.39, 0.29) is 11.9 Å². The second-order valence-corrected chi connectivity index (χ2v) is 5.35. The number of rotatable bonds is 2. The molecule has 18 heavy (non-hydrogen) atoms. The lowest BCUT2D eigenvalue weighted by atomic mass is 10.0. The van der Waals surface area contributed by atoms with E-state index in [1.807, 2.05) is 4.90 Å². The number of nitrogens with two attached hydrogens (primary N) is 1. The molecule has 1 aliphatic heterocycles. The van der Waals surface area contributed by atoms with E-state index in [0.717, 1.165) is 25.8 Å². The van der Waals surface area contributed by atoms with Gasteiger partial charge in [0.1, 0.15) is 0 Å². The Labute approximate surface area is 117 Å². The van der Waals surface area contributed by atoms with Crippen molar-refractivity contribution in [1.29, 1.82) is 0 Å². The summed E-state index contributed by atoms with van der Waals surface area (Å²) in [4.78, 5) is 14.3. The van der Waals surface area contributed by atoms with Crippen molar-refractivity contribution in [3.63, 3.8) is 0 Å². The Kier molecular flexibility index (Phi) is 4.49. The van der Waals surface area contributed by atoms with Gasteiger partial charge in [0.25, 0.3) is 5.91 Å². The van der Waals surface area contributed by atoms with Gasteiger partial charge in [-0.25, -0.2) is 0 Å². The summed E-state index contributed by atoms with van der Waals surface area (Å²) in [6.07, 6.45) is 3.09. The van der Waals surface area contributed by atoms with Gasteiger partial charge in [-0.2, -0.15) is 0 Å². The minimum atomic E-state index is -0.0716. The molecule has 1 aromatic carbocycles. The molecule has 1 atom stereocenters. The number of likely N-dealkylation sites (tertiary alicyclic amines) is 1. The van der Waals surface area contributed by atoms with E-state index >= 15 is 0 Å². The Hall–Kier alpha value is -0.770. The fraction of sp³-hybridized carbons (Fsp3) is 0.462. The van der Waals surface area contributed by atoms with E-state index in [0.29, 0.717) is 22.2 Å². The van der Waals surface area contributed by atoms with E-state index in [1.165, 1.54) is 0 Å². The number of piperidine rings is 1.